The van der Waals surface area contributed by atoms with Gasteiger partial charge in [0.2, 0.25) is 0 Å². The molecule has 0 amide bonds. The molecule has 0 aromatic rings. The van der Waals surface area contributed by atoms with Crippen LogP contribution in [-0.2, 0) is 4.28 Å². The van der Waals surface area contributed by atoms with Crippen LogP contribution in [-0.4, -0.2) is 35.1 Å². The third kappa shape index (κ3) is 3.14. The lowest BCUT2D eigenvalue weighted by Crippen LogP contribution is -2.47. The van der Waals surface area contributed by atoms with Crippen molar-refractivity contribution in [2.75, 3.05) is 13.6 Å². The molecule has 74 valence electrons. The number of hydroxylamine groups is 1. The summed E-state index contributed by atoms with van der Waals surface area (Å²) >= 11 is 0.308. The Morgan fingerprint density at radius 1 is 1.69 bits per heavy atom. The van der Waals surface area contributed by atoms with Gasteiger partial charge in [-0.2, -0.15) is 10.7 Å². The van der Waals surface area contributed by atoms with E-state index in [0.717, 1.165) is 19.4 Å². The molecule has 2 atom stereocenters. The minimum Gasteiger partial charge on any atom is -0.306 e. The molecule has 1 aliphatic heterocycles. The number of hydrogen-bond acceptors (Lipinski definition) is 6. The fourth-order valence-corrected chi connectivity index (χ4v) is 1.67. The fraction of sp³-hybridized carbons (Fsp3) is 0.857. The van der Waals surface area contributed by atoms with Gasteiger partial charge in [0.25, 0.3) is 0 Å². The van der Waals surface area contributed by atoms with Crippen LogP contribution in [0.4, 0.5) is 0 Å². The smallest absolute Gasteiger partial charge is 0.175 e. The number of likely N-dealkylation sites (tertiary alicyclic amines) is 1. The molecule has 0 bridgehead atoms. The first kappa shape index (κ1) is 10.8. The molecule has 0 spiro atoms. The number of nitrogens with zero attached hydrogens (tertiary/aromatic N) is 2. The first-order valence-corrected chi connectivity index (χ1v) is 4.80. The van der Waals surface area contributed by atoms with E-state index in [2.05, 4.69) is 15.8 Å². The topological polar surface area (TPSA) is 68.5 Å². The van der Waals surface area contributed by atoms with Crippen molar-refractivity contribution in [2.24, 2.45) is 0 Å². The van der Waals surface area contributed by atoms with E-state index in [-0.39, 0.29) is 12.1 Å². The van der Waals surface area contributed by atoms with Crippen molar-refractivity contribution >= 4 is 12.3 Å². The number of nitriles is 1. The van der Waals surface area contributed by atoms with Gasteiger partial charge in [-0.25, -0.2) is 4.28 Å². The predicted molar refractivity (Wildman–Crippen MR) is 49.5 cm³/mol. The first-order valence-electron chi connectivity index (χ1n) is 4.10. The van der Waals surface area contributed by atoms with Gasteiger partial charge in [0, 0.05) is 12.6 Å². The molecule has 0 saturated carbocycles. The molecule has 0 aromatic heterocycles. The minimum absolute atomic E-state index is 0.0137. The van der Waals surface area contributed by atoms with Crippen molar-refractivity contribution in [3.63, 3.8) is 0 Å². The van der Waals surface area contributed by atoms with Crippen molar-refractivity contribution in [2.45, 2.75) is 24.9 Å². The van der Waals surface area contributed by atoms with Crippen LogP contribution in [0.1, 0.15) is 12.8 Å². The highest BCUT2D eigenvalue weighted by molar-refractivity contribution is 7.88. The Balaban J connectivity index is 2.29. The largest absolute Gasteiger partial charge is 0.306 e. The molecule has 2 unspecified atom stereocenters. The monoisotopic (exact) mass is 203 g/mol. The summed E-state index contributed by atoms with van der Waals surface area (Å²) in [5, 5.41) is 8.74. The molecule has 1 rings (SSSR count). The summed E-state index contributed by atoms with van der Waals surface area (Å²) in [5.74, 6) is 0. The SMILES string of the molecule is CN1CC(NOSO)CCC1C#N. The van der Waals surface area contributed by atoms with Gasteiger partial charge in [-0.3, -0.25) is 4.90 Å². The van der Waals surface area contributed by atoms with E-state index in [0.29, 0.717) is 12.3 Å². The molecule has 1 heterocycles. The molecule has 1 fully saturated rings. The van der Waals surface area contributed by atoms with Crippen LogP contribution in [0.5, 0.6) is 0 Å². The number of likely N-dealkylation sites (N-methyl/N-ethyl adjacent to an activating group) is 1. The predicted octanol–water partition coefficient (Wildman–Crippen LogP) is 0.615. The maximum absolute atomic E-state index is 8.74. The van der Waals surface area contributed by atoms with Crippen molar-refractivity contribution < 1.29 is 8.84 Å². The summed E-state index contributed by atoms with van der Waals surface area (Å²) in [5.41, 5.74) is 2.71. The van der Waals surface area contributed by atoms with Crippen molar-refractivity contribution in [1.82, 2.24) is 10.4 Å². The lowest BCUT2D eigenvalue weighted by atomic mass is 10.0. The maximum Gasteiger partial charge on any atom is 0.175 e. The van der Waals surface area contributed by atoms with E-state index in [9.17, 15) is 0 Å². The van der Waals surface area contributed by atoms with E-state index in [1.165, 1.54) is 0 Å². The highest BCUT2D eigenvalue weighted by Gasteiger charge is 2.25. The van der Waals surface area contributed by atoms with E-state index in [4.69, 9.17) is 9.81 Å². The molecule has 1 saturated heterocycles. The molecule has 6 heteroatoms. The molecule has 1 aliphatic rings. The molecule has 5 nitrogen and oxygen atoms in total. The average Bonchev–Trinajstić information content (AvgIpc) is 2.15. The lowest BCUT2D eigenvalue weighted by Gasteiger charge is -2.32. The van der Waals surface area contributed by atoms with Crippen molar-refractivity contribution in [1.29, 1.82) is 5.26 Å². The summed E-state index contributed by atoms with van der Waals surface area (Å²) in [6.07, 6.45) is 1.73. The first-order chi connectivity index (χ1) is 6.27. The summed E-state index contributed by atoms with van der Waals surface area (Å²) in [7, 11) is 1.91. The van der Waals surface area contributed by atoms with Gasteiger partial charge < -0.3 is 4.55 Å². The molecular weight excluding hydrogens is 190 g/mol. The third-order valence-corrected chi connectivity index (χ3v) is 2.40. The summed E-state index contributed by atoms with van der Waals surface area (Å²) in [6.45, 7) is 0.763. The molecule has 0 aliphatic carbocycles. The number of nitrogens with one attached hydrogen (secondary N) is 1. The van der Waals surface area contributed by atoms with Crippen LogP contribution in [0.3, 0.4) is 0 Å². The molecule has 0 aromatic carbocycles. The number of piperidine rings is 1. The lowest BCUT2D eigenvalue weighted by molar-refractivity contribution is 0.103. The van der Waals surface area contributed by atoms with Crippen LogP contribution in [0.2, 0.25) is 0 Å². The van der Waals surface area contributed by atoms with Crippen LogP contribution < -0.4 is 5.48 Å². The van der Waals surface area contributed by atoms with Gasteiger partial charge in [0.1, 0.15) is 0 Å². The van der Waals surface area contributed by atoms with Gasteiger partial charge in [0.15, 0.2) is 12.3 Å². The summed E-state index contributed by atoms with van der Waals surface area (Å²) < 4.78 is 12.9. The second-order valence-electron chi connectivity index (χ2n) is 3.13. The van der Waals surface area contributed by atoms with E-state index >= 15 is 0 Å². The third-order valence-electron chi connectivity index (χ3n) is 2.23. The van der Waals surface area contributed by atoms with E-state index < -0.39 is 0 Å². The zero-order valence-electron chi connectivity index (χ0n) is 7.43. The Morgan fingerprint density at radius 3 is 3.00 bits per heavy atom. The Morgan fingerprint density at radius 2 is 2.46 bits per heavy atom. The van der Waals surface area contributed by atoms with Gasteiger partial charge in [0.05, 0.1) is 12.1 Å². The van der Waals surface area contributed by atoms with Crippen LogP contribution in [0.15, 0.2) is 0 Å². The van der Waals surface area contributed by atoms with Crippen LogP contribution in [0.25, 0.3) is 0 Å². The van der Waals surface area contributed by atoms with Gasteiger partial charge in [-0.05, 0) is 19.9 Å². The van der Waals surface area contributed by atoms with E-state index in [1.54, 1.807) is 0 Å². The Labute approximate surface area is 82.0 Å². The normalized spacial score (nSPS) is 29.9. The molecular formula is C7H13N3O2S. The maximum atomic E-state index is 8.74. The zero-order valence-corrected chi connectivity index (χ0v) is 8.25. The highest BCUT2D eigenvalue weighted by Crippen LogP contribution is 2.15. The number of rotatable bonds is 3. The van der Waals surface area contributed by atoms with Crippen LogP contribution in [0, 0.1) is 11.3 Å². The standard InChI is InChI=1S/C7H13N3O2S/c1-10-5-6(9-12-13-11)2-3-7(10)4-8/h6-7,9,11H,2-3,5H2,1H3. The Hall–Kier alpha value is -0.320. The molecule has 2 N–H and O–H groups in total. The van der Waals surface area contributed by atoms with Crippen molar-refractivity contribution in [3.05, 3.63) is 0 Å². The van der Waals surface area contributed by atoms with Crippen molar-refractivity contribution in [3.8, 4) is 6.07 Å². The summed E-state index contributed by atoms with van der Waals surface area (Å²) in [6, 6.07) is 2.44. The molecule has 13 heavy (non-hydrogen) atoms. The molecule has 0 radical (unpaired) electrons. The summed E-state index contributed by atoms with van der Waals surface area (Å²) in [4.78, 5) is 1.98. The Kier molecular flexibility index (Phi) is 4.48. The zero-order chi connectivity index (χ0) is 9.68. The van der Waals surface area contributed by atoms with Gasteiger partial charge in [-0.1, -0.05) is 0 Å². The Bertz CT molecular complexity index is 197. The number of hydrogen-bond donors (Lipinski definition) is 2. The second kappa shape index (κ2) is 5.42. The quantitative estimate of drug-likeness (QED) is 0.517. The van der Waals surface area contributed by atoms with Gasteiger partial charge >= 0.3 is 0 Å². The average molecular weight is 203 g/mol. The minimum atomic E-state index is 0.0137. The fourth-order valence-electron chi connectivity index (χ4n) is 1.49. The van der Waals surface area contributed by atoms with Gasteiger partial charge in [-0.15, -0.1) is 0 Å². The second-order valence-corrected chi connectivity index (χ2v) is 3.45. The highest BCUT2D eigenvalue weighted by atomic mass is 32.2. The van der Waals surface area contributed by atoms with Crippen LogP contribution >= 0.6 is 12.3 Å². The van der Waals surface area contributed by atoms with E-state index in [1.807, 2.05) is 11.9 Å².